The molecule has 8 nitrogen and oxygen atoms in total. The van der Waals surface area contributed by atoms with E-state index in [-0.39, 0.29) is 12.2 Å². The number of halogens is 1. The molecule has 0 fully saturated rings. The summed E-state index contributed by atoms with van der Waals surface area (Å²) in [6, 6.07) is 9.90. The van der Waals surface area contributed by atoms with Crippen molar-refractivity contribution in [2.24, 2.45) is 0 Å². The molecular weight excluding hydrogens is 343 g/mol. The molecule has 1 heterocycles. The molecule has 3 aromatic rings. The molecule has 3 rings (SSSR count). The first-order valence-corrected chi connectivity index (χ1v) is 7.57. The molecule has 26 heavy (non-hydrogen) atoms. The summed E-state index contributed by atoms with van der Waals surface area (Å²) >= 11 is 0. The van der Waals surface area contributed by atoms with Gasteiger partial charge in [-0.2, -0.15) is 9.49 Å². The fourth-order valence-corrected chi connectivity index (χ4v) is 2.58. The Bertz CT molecular complexity index is 1090. The normalized spacial score (nSPS) is 10.7. The van der Waals surface area contributed by atoms with Crippen molar-refractivity contribution < 1.29 is 14.1 Å². The van der Waals surface area contributed by atoms with Crippen LogP contribution in [-0.4, -0.2) is 20.6 Å². The molecule has 0 aliphatic heterocycles. The Labute approximate surface area is 146 Å². The molecule has 0 atom stereocenters. The molecule has 0 unspecified atom stereocenters. The molecule has 0 aliphatic rings. The van der Waals surface area contributed by atoms with Gasteiger partial charge in [-0.25, -0.2) is 4.68 Å². The maximum absolute atomic E-state index is 13.3. The van der Waals surface area contributed by atoms with Gasteiger partial charge < -0.3 is 5.32 Å². The van der Waals surface area contributed by atoms with Gasteiger partial charge in [0, 0.05) is 17.1 Å². The SMILES string of the molecule is Cc1nn(CC(=O)Nc2ccc(F)c([N+](=O)[O-])c2)c(=O)c2ccccc12. The van der Waals surface area contributed by atoms with Gasteiger partial charge in [0.15, 0.2) is 0 Å². The maximum atomic E-state index is 13.3. The van der Waals surface area contributed by atoms with Crippen LogP contribution in [0.4, 0.5) is 15.8 Å². The number of aromatic nitrogens is 2. The highest BCUT2D eigenvalue weighted by Gasteiger charge is 2.16. The van der Waals surface area contributed by atoms with Crippen molar-refractivity contribution in [2.45, 2.75) is 13.5 Å². The highest BCUT2D eigenvalue weighted by atomic mass is 19.1. The number of carbonyl (C=O) groups is 1. The van der Waals surface area contributed by atoms with Crippen molar-refractivity contribution >= 4 is 28.1 Å². The number of hydrogen-bond acceptors (Lipinski definition) is 5. The number of anilines is 1. The lowest BCUT2D eigenvalue weighted by atomic mass is 10.1. The minimum atomic E-state index is -1.00. The predicted octanol–water partition coefficient (Wildman–Crippen LogP) is 2.39. The summed E-state index contributed by atoms with van der Waals surface area (Å²) in [6.07, 6.45) is 0. The molecule has 1 N–H and O–H groups in total. The third-order valence-corrected chi connectivity index (χ3v) is 3.77. The lowest BCUT2D eigenvalue weighted by molar-refractivity contribution is -0.387. The number of benzene rings is 2. The number of nitro groups is 1. The second-order valence-corrected chi connectivity index (χ2v) is 5.57. The van der Waals surface area contributed by atoms with E-state index in [1.165, 1.54) is 6.07 Å². The molecule has 2 aromatic carbocycles. The summed E-state index contributed by atoms with van der Waals surface area (Å²) in [7, 11) is 0. The van der Waals surface area contributed by atoms with Crippen molar-refractivity contribution in [1.29, 1.82) is 0 Å². The van der Waals surface area contributed by atoms with Crippen LogP contribution in [0.25, 0.3) is 10.8 Å². The van der Waals surface area contributed by atoms with Crippen LogP contribution in [0.5, 0.6) is 0 Å². The maximum Gasteiger partial charge on any atom is 0.306 e. The number of carbonyl (C=O) groups excluding carboxylic acids is 1. The fraction of sp³-hybridized carbons (Fsp3) is 0.118. The van der Waals surface area contributed by atoms with Crippen LogP contribution in [0.1, 0.15) is 5.69 Å². The molecule has 1 amide bonds. The third kappa shape index (κ3) is 3.27. The number of fused-ring (bicyclic) bond motifs is 1. The van der Waals surface area contributed by atoms with E-state index in [0.717, 1.165) is 16.8 Å². The van der Waals surface area contributed by atoms with E-state index < -0.39 is 27.9 Å². The topological polar surface area (TPSA) is 107 Å². The van der Waals surface area contributed by atoms with Crippen molar-refractivity contribution in [2.75, 3.05) is 5.32 Å². The van der Waals surface area contributed by atoms with Crippen LogP contribution in [0.3, 0.4) is 0 Å². The second kappa shape index (κ2) is 6.71. The average molecular weight is 356 g/mol. The van der Waals surface area contributed by atoms with Gasteiger partial charge in [0.05, 0.1) is 16.0 Å². The van der Waals surface area contributed by atoms with E-state index in [1.54, 1.807) is 31.2 Å². The van der Waals surface area contributed by atoms with E-state index >= 15 is 0 Å². The summed E-state index contributed by atoms with van der Waals surface area (Å²) < 4.78 is 14.4. The lowest BCUT2D eigenvalue weighted by Gasteiger charge is -2.09. The number of nitrogens with zero attached hydrogens (tertiary/aromatic N) is 3. The zero-order valence-corrected chi connectivity index (χ0v) is 13.6. The van der Waals surface area contributed by atoms with Crippen LogP contribution in [-0.2, 0) is 11.3 Å². The first kappa shape index (κ1) is 17.2. The Kier molecular flexibility index (Phi) is 4.44. The summed E-state index contributed by atoms with van der Waals surface area (Å²) in [6.45, 7) is 1.34. The Morgan fingerprint density at radius 3 is 2.65 bits per heavy atom. The minimum absolute atomic E-state index is 0.0497. The number of nitro benzene ring substituents is 1. The van der Waals surface area contributed by atoms with Crippen LogP contribution < -0.4 is 10.9 Å². The minimum Gasteiger partial charge on any atom is -0.324 e. The third-order valence-electron chi connectivity index (χ3n) is 3.77. The van der Waals surface area contributed by atoms with E-state index in [2.05, 4.69) is 10.4 Å². The second-order valence-electron chi connectivity index (χ2n) is 5.57. The monoisotopic (exact) mass is 356 g/mol. The standard InChI is InChI=1S/C17H13FN4O4/c1-10-12-4-2-3-5-13(12)17(24)21(20-10)9-16(23)19-11-6-7-14(18)15(8-11)22(25)26/h2-8H,9H2,1H3,(H,19,23). The molecule has 132 valence electrons. The molecule has 0 spiro atoms. The number of aryl methyl sites for hydroxylation is 1. The van der Waals surface area contributed by atoms with Gasteiger partial charge in [0.1, 0.15) is 6.54 Å². The largest absolute Gasteiger partial charge is 0.324 e. The van der Waals surface area contributed by atoms with Gasteiger partial charge in [0.25, 0.3) is 5.56 Å². The molecule has 0 saturated heterocycles. The Morgan fingerprint density at radius 1 is 1.27 bits per heavy atom. The average Bonchev–Trinajstić information content (AvgIpc) is 2.61. The molecule has 0 saturated carbocycles. The van der Waals surface area contributed by atoms with Crippen LogP contribution in [0.15, 0.2) is 47.3 Å². The molecule has 0 aliphatic carbocycles. The van der Waals surface area contributed by atoms with Gasteiger partial charge in [0.2, 0.25) is 11.7 Å². The smallest absolute Gasteiger partial charge is 0.306 e. The van der Waals surface area contributed by atoms with Gasteiger partial charge in [-0.15, -0.1) is 0 Å². The van der Waals surface area contributed by atoms with Gasteiger partial charge >= 0.3 is 5.69 Å². The Balaban J connectivity index is 1.86. The van der Waals surface area contributed by atoms with Crippen LogP contribution in [0.2, 0.25) is 0 Å². The van der Waals surface area contributed by atoms with E-state index in [9.17, 15) is 24.1 Å². The van der Waals surface area contributed by atoms with Crippen molar-refractivity contribution in [3.8, 4) is 0 Å². The van der Waals surface area contributed by atoms with E-state index in [4.69, 9.17) is 0 Å². The number of rotatable bonds is 4. The molecule has 0 radical (unpaired) electrons. The quantitative estimate of drug-likeness (QED) is 0.570. The first-order chi connectivity index (χ1) is 12.4. The highest BCUT2D eigenvalue weighted by molar-refractivity contribution is 5.91. The number of amides is 1. The van der Waals surface area contributed by atoms with Gasteiger partial charge in [-0.05, 0) is 25.1 Å². The molecular formula is C17H13FN4O4. The lowest BCUT2D eigenvalue weighted by Crippen LogP contribution is -2.30. The summed E-state index contributed by atoms with van der Waals surface area (Å²) in [5.41, 5.74) is -0.537. The van der Waals surface area contributed by atoms with Crippen molar-refractivity contribution in [3.63, 3.8) is 0 Å². The molecule has 9 heteroatoms. The predicted molar refractivity (Wildman–Crippen MR) is 92.4 cm³/mol. The zero-order valence-electron chi connectivity index (χ0n) is 13.6. The van der Waals surface area contributed by atoms with Crippen LogP contribution >= 0.6 is 0 Å². The molecule has 0 bridgehead atoms. The van der Waals surface area contributed by atoms with Gasteiger partial charge in [-0.3, -0.25) is 19.7 Å². The first-order valence-electron chi connectivity index (χ1n) is 7.57. The Hall–Kier alpha value is -3.62. The summed E-state index contributed by atoms with van der Waals surface area (Å²) in [5, 5.41) is 18.4. The molecule has 1 aromatic heterocycles. The fourth-order valence-electron chi connectivity index (χ4n) is 2.58. The van der Waals surface area contributed by atoms with Crippen molar-refractivity contribution in [1.82, 2.24) is 9.78 Å². The summed E-state index contributed by atoms with van der Waals surface area (Å²) in [4.78, 5) is 34.5. The Morgan fingerprint density at radius 2 is 1.96 bits per heavy atom. The van der Waals surface area contributed by atoms with Crippen molar-refractivity contribution in [3.05, 3.63) is 74.4 Å². The summed E-state index contributed by atoms with van der Waals surface area (Å²) in [5.74, 6) is -1.62. The highest BCUT2D eigenvalue weighted by Crippen LogP contribution is 2.21. The van der Waals surface area contributed by atoms with Gasteiger partial charge in [-0.1, -0.05) is 18.2 Å². The number of nitrogens with one attached hydrogen (secondary N) is 1. The van der Waals surface area contributed by atoms with E-state index in [1.807, 2.05) is 0 Å². The van der Waals surface area contributed by atoms with Crippen LogP contribution in [0, 0.1) is 22.9 Å². The zero-order chi connectivity index (χ0) is 18.8. The van der Waals surface area contributed by atoms with E-state index in [0.29, 0.717) is 16.5 Å². The number of hydrogen-bond donors (Lipinski definition) is 1.